The van der Waals surface area contributed by atoms with Gasteiger partial charge in [0.15, 0.2) is 11.2 Å². The van der Waals surface area contributed by atoms with Crippen molar-refractivity contribution in [2.24, 2.45) is 0 Å². The van der Waals surface area contributed by atoms with E-state index < -0.39 is 11.2 Å². The number of fused-ring (bicyclic) bond motifs is 12. The largest absolute Gasteiger partial charge is 0.456 e. The van der Waals surface area contributed by atoms with Gasteiger partial charge in [-0.2, -0.15) is 0 Å². The second-order valence-electron chi connectivity index (χ2n) is 21.7. The van der Waals surface area contributed by atoms with Crippen LogP contribution in [0.15, 0.2) is 97.1 Å². The van der Waals surface area contributed by atoms with Crippen LogP contribution in [0.3, 0.4) is 0 Å². The van der Waals surface area contributed by atoms with E-state index in [1.54, 1.807) is 0 Å². The molecule has 5 aromatic rings. The van der Waals surface area contributed by atoms with Crippen LogP contribution in [0.5, 0.6) is 23.0 Å². The fraction of sp³-hybridized carbons (Fsp3) is 0.515. The van der Waals surface area contributed by atoms with Crippen LogP contribution in [-0.4, -0.2) is 38.1 Å². The minimum absolute atomic E-state index is 0.387. The summed E-state index contributed by atoms with van der Waals surface area (Å²) in [5.41, 5.74) is 4.96. The van der Waals surface area contributed by atoms with Gasteiger partial charge >= 0.3 is 11.9 Å². The Kier molecular flexibility index (Phi) is 18.1. The molecule has 8 nitrogen and oxygen atoms in total. The smallest absolute Gasteiger partial charge is 0.340 e. The number of ether oxygens (including phenoxy) is 4. The number of rotatable bonds is 30. The van der Waals surface area contributed by atoms with Crippen LogP contribution in [0.25, 0.3) is 0 Å². The molecule has 0 fully saturated rings. The van der Waals surface area contributed by atoms with Crippen LogP contribution in [0.4, 0.5) is 11.4 Å². The standard InChI is InChI=1S/C66H84N2O6/c1-5-9-13-17-21-29-41-67(42-30-22-18-14-10-6-2)49-37-39-55-59(45-49)71-61-48-62-58(47-57(61)65(55)53-35-27-25-33-51(53)63(69)73-65)66(54-36-28-26-34-52(54)64(70)74-66)56-40-38-50(46-60(56)72-62)68(43-31-23-19-15-11-7-3)44-32-24-20-16-12-8-4/h25-28,33-40,45-48H,5-24,29-32,41-44H2,1-4H3/t65-,66-/m0/s1. The van der Waals surface area contributed by atoms with E-state index >= 15 is 0 Å². The molecule has 2 spiro atoms. The monoisotopic (exact) mass is 1000 g/mol. The Morgan fingerprint density at radius 3 is 1.03 bits per heavy atom. The zero-order chi connectivity index (χ0) is 51.3. The molecule has 2 atom stereocenters. The molecule has 394 valence electrons. The Bertz CT molecular complexity index is 2480. The lowest BCUT2D eigenvalue weighted by Crippen LogP contribution is -2.37. The highest BCUT2D eigenvalue weighted by atomic mass is 16.6. The Balaban J connectivity index is 1.12. The summed E-state index contributed by atoms with van der Waals surface area (Å²) < 4.78 is 27.9. The lowest BCUT2D eigenvalue weighted by Gasteiger charge is -2.41. The number of benzene rings is 5. The highest BCUT2D eigenvalue weighted by molar-refractivity contribution is 5.98. The fourth-order valence-corrected chi connectivity index (χ4v) is 12.3. The molecule has 4 aliphatic heterocycles. The summed E-state index contributed by atoms with van der Waals surface area (Å²) in [4.78, 5) is 33.6. The molecule has 5 aromatic carbocycles. The number of hydrogen-bond donors (Lipinski definition) is 0. The Hall–Kier alpha value is -5.76. The number of anilines is 2. The van der Waals surface area contributed by atoms with Crippen LogP contribution >= 0.6 is 0 Å². The zero-order valence-electron chi connectivity index (χ0n) is 45.4. The Morgan fingerprint density at radius 2 is 0.662 bits per heavy atom. The van der Waals surface area contributed by atoms with Gasteiger partial charge in [0.25, 0.3) is 0 Å². The number of esters is 2. The van der Waals surface area contributed by atoms with E-state index in [1.807, 2.05) is 60.7 Å². The Morgan fingerprint density at radius 1 is 0.338 bits per heavy atom. The molecule has 0 saturated carbocycles. The van der Waals surface area contributed by atoms with Crippen LogP contribution in [0.2, 0.25) is 0 Å². The predicted molar refractivity (Wildman–Crippen MR) is 301 cm³/mol. The van der Waals surface area contributed by atoms with Gasteiger partial charge in [0, 0.05) is 89.1 Å². The first-order chi connectivity index (χ1) is 36.4. The van der Waals surface area contributed by atoms with Crippen molar-refractivity contribution in [2.75, 3.05) is 36.0 Å². The third-order valence-electron chi connectivity index (χ3n) is 16.4. The normalized spacial score (nSPS) is 17.4. The van der Waals surface area contributed by atoms with Gasteiger partial charge in [-0.1, -0.05) is 193 Å². The maximum absolute atomic E-state index is 14.2. The summed E-state index contributed by atoms with van der Waals surface area (Å²) in [5.74, 6) is 1.61. The van der Waals surface area contributed by atoms with Crippen LogP contribution in [0, 0.1) is 0 Å². The van der Waals surface area contributed by atoms with E-state index in [9.17, 15) is 9.59 Å². The van der Waals surface area contributed by atoms with Crippen molar-refractivity contribution >= 4 is 23.3 Å². The molecule has 8 heteroatoms. The summed E-state index contributed by atoms with van der Waals surface area (Å²) in [7, 11) is 0. The number of carbonyl (C=O) groups is 2. The van der Waals surface area contributed by atoms with Crippen molar-refractivity contribution < 1.29 is 28.5 Å². The lowest BCUT2D eigenvalue weighted by molar-refractivity contribution is 0.0208. The average molecular weight is 1000 g/mol. The van der Waals surface area contributed by atoms with Crippen molar-refractivity contribution in [1.82, 2.24) is 0 Å². The first-order valence-corrected chi connectivity index (χ1v) is 29.4. The Labute approximate surface area is 443 Å². The van der Waals surface area contributed by atoms with Gasteiger partial charge in [-0.3, -0.25) is 0 Å². The number of unbranched alkanes of at least 4 members (excludes halogenated alkanes) is 20. The third kappa shape index (κ3) is 11.0. The second kappa shape index (κ2) is 25.2. The molecule has 74 heavy (non-hydrogen) atoms. The summed E-state index contributed by atoms with van der Waals surface area (Å²) in [6.45, 7) is 13.0. The predicted octanol–water partition coefficient (Wildman–Crippen LogP) is 17.9. The van der Waals surface area contributed by atoms with Crippen molar-refractivity contribution in [1.29, 1.82) is 0 Å². The van der Waals surface area contributed by atoms with Gasteiger partial charge in [-0.05, 0) is 68.1 Å². The van der Waals surface area contributed by atoms with Crippen molar-refractivity contribution in [3.8, 4) is 23.0 Å². The molecule has 0 saturated heterocycles. The zero-order valence-corrected chi connectivity index (χ0v) is 45.4. The van der Waals surface area contributed by atoms with E-state index in [0.29, 0.717) is 45.3 Å². The maximum Gasteiger partial charge on any atom is 0.340 e. The van der Waals surface area contributed by atoms with E-state index in [0.717, 1.165) is 85.5 Å². The molecule has 9 rings (SSSR count). The van der Waals surface area contributed by atoms with Crippen molar-refractivity contribution in [2.45, 2.75) is 193 Å². The van der Waals surface area contributed by atoms with Gasteiger partial charge in [-0.15, -0.1) is 0 Å². The third-order valence-corrected chi connectivity index (χ3v) is 16.4. The second-order valence-corrected chi connectivity index (χ2v) is 21.7. The SMILES string of the molecule is CCCCCCCCN(CCCCCCCC)c1ccc2c(c1)Oc1cc3c(cc1[C@@]21OC(=O)c2ccccc21)[C@@]1(OC(=O)c2ccccc21)c1ccc(N(CCCCCCCC)CCCCCCCC)cc1O3. The van der Waals surface area contributed by atoms with Gasteiger partial charge in [-0.25, -0.2) is 9.59 Å². The first-order valence-electron chi connectivity index (χ1n) is 29.4. The molecule has 0 N–H and O–H groups in total. The molecule has 0 amide bonds. The summed E-state index contributed by atoms with van der Waals surface area (Å²) in [6.07, 6.45) is 29.7. The molecule has 4 heterocycles. The molecule has 0 aliphatic carbocycles. The van der Waals surface area contributed by atoms with Gasteiger partial charge in [0.1, 0.15) is 23.0 Å². The number of carbonyl (C=O) groups excluding carboxylic acids is 2. The quantitative estimate of drug-likeness (QED) is 0.0333. The van der Waals surface area contributed by atoms with Crippen LogP contribution in [-0.2, 0) is 20.7 Å². The van der Waals surface area contributed by atoms with Crippen molar-refractivity contribution in [3.05, 3.63) is 142 Å². The molecule has 0 bridgehead atoms. The van der Waals surface area contributed by atoms with E-state index in [4.69, 9.17) is 18.9 Å². The minimum atomic E-state index is -1.34. The maximum atomic E-state index is 14.2. The van der Waals surface area contributed by atoms with E-state index in [2.05, 4.69) is 73.9 Å². The van der Waals surface area contributed by atoms with E-state index in [-0.39, 0.29) is 11.9 Å². The highest BCUT2D eigenvalue weighted by Crippen LogP contribution is 2.62. The molecular weight excluding hydrogens is 917 g/mol. The minimum Gasteiger partial charge on any atom is -0.456 e. The van der Waals surface area contributed by atoms with Crippen LogP contribution in [0.1, 0.15) is 236 Å². The average Bonchev–Trinajstić information content (AvgIpc) is 3.89. The van der Waals surface area contributed by atoms with Gasteiger partial charge in [0.05, 0.1) is 11.1 Å². The molecular formula is C66H84N2O6. The number of hydrogen-bond acceptors (Lipinski definition) is 8. The van der Waals surface area contributed by atoms with Crippen LogP contribution < -0.4 is 19.3 Å². The fourth-order valence-electron chi connectivity index (χ4n) is 12.3. The molecule has 0 radical (unpaired) electrons. The summed E-state index contributed by atoms with van der Waals surface area (Å²) in [5, 5.41) is 0. The summed E-state index contributed by atoms with van der Waals surface area (Å²) in [6, 6.07) is 32.4. The first kappa shape index (κ1) is 53.1. The molecule has 4 aliphatic rings. The molecule has 0 aromatic heterocycles. The molecule has 0 unspecified atom stereocenters. The lowest BCUT2D eigenvalue weighted by atomic mass is 9.73. The highest BCUT2D eigenvalue weighted by Gasteiger charge is 2.58. The number of nitrogens with zero attached hydrogens (tertiary/aromatic N) is 2. The van der Waals surface area contributed by atoms with Gasteiger partial charge < -0.3 is 28.7 Å². The van der Waals surface area contributed by atoms with E-state index in [1.165, 1.54) is 128 Å². The van der Waals surface area contributed by atoms with Gasteiger partial charge in [0.2, 0.25) is 0 Å². The van der Waals surface area contributed by atoms with Crippen molar-refractivity contribution in [3.63, 3.8) is 0 Å². The topological polar surface area (TPSA) is 77.5 Å². The summed E-state index contributed by atoms with van der Waals surface area (Å²) >= 11 is 0.